The van der Waals surface area contributed by atoms with Crippen molar-refractivity contribution in [3.63, 3.8) is 0 Å². The van der Waals surface area contributed by atoms with Crippen LogP contribution in [0.1, 0.15) is 75.3 Å². The van der Waals surface area contributed by atoms with Gasteiger partial charge in [0.2, 0.25) is 0 Å². The molecule has 0 radical (unpaired) electrons. The van der Waals surface area contributed by atoms with Gasteiger partial charge in [0.1, 0.15) is 17.7 Å². The third-order valence-electron chi connectivity index (χ3n) is 5.17. The normalized spacial score (nSPS) is 12.2. The maximum absolute atomic E-state index is 12.8. The second kappa shape index (κ2) is 11.8. The number of hydrazone groups is 2. The Morgan fingerprint density at radius 2 is 1.77 bits per heavy atom. The van der Waals surface area contributed by atoms with E-state index in [1.807, 2.05) is 24.4 Å². The number of thiophene rings is 1. The van der Waals surface area contributed by atoms with Crippen molar-refractivity contribution in [2.24, 2.45) is 16.0 Å². The Labute approximate surface area is 207 Å². The largest absolute Gasteiger partial charge is 0.347 e. The average molecular weight is 493 g/mol. The summed E-state index contributed by atoms with van der Waals surface area (Å²) in [4.78, 5) is 34.6. The fourth-order valence-corrected chi connectivity index (χ4v) is 4.13. The highest BCUT2D eigenvalue weighted by Gasteiger charge is 2.16. The number of carbonyl (C=O) groups excluding carboxylic acids is 2. The quantitative estimate of drug-likeness (QED) is 0.156. The second-order valence-electron chi connectivity index (χ2n) is 8.05. The Bertz CT molecular complexity index is 1220. The van der Waals surface area contributed by atoms with Gasteiger partial charge in [0.05, 0.1) is 6.04 Å². The SMILES string of the molecule is C=NNC(=NN)c1ccc([C@H](C)NC(=O)c2cc(C(=O)NCc3csc(C(C)C)c3)ncn2)cc1. The second-order valence-corrected chi connectivity index (χ2v) is 8.99. The van der Waals surface area contributed by atoms with Crippen molar-refractivity contribution >= 4 is 35.7 Å². The van der Waals surface area contributed by atoms with Crippen LogP contribution in [0.4, 0.5) is 0 Å². The van der Waals surface area contributed by atoms with E-state index in [2.05, 4.69) is 62.9 Å². The van der Waals surface area contributed by atoms with Crippen molar-refractivity contribution in [3.05, 3.63) is 81.1 Å². The molecular weight excluding hydrogens is 464 g/mol. The fourth-order valence-electron chi connectivity index (χ4n) is 3.19. The highest BCUT2D eigenvalue weighted by molar-refractivity contribution is 7.10. The fraction of sp³-hybridized carbons (Fsp3) is 0.250. The van der Waals surface area contributed by atoms with E-state index in [4.69, 9.17) is 5.84 Å². The number of hydrogen-bond acceptors (Lipinski definition) is 8. The molecule has 0 saturated heterocycles. The van der Waals surface area contributed by atoms with E-state index in [0.29, 0.717) is 18.3 Å². The van der Waals surface area contributed by atoms with E-state index < -0.39 is 5.91 Å². The predicted octanol–water partition coefficient (Wildman–Crippen LogP) is 2.91. The maximum Gasteiger partial charge on any atom is 0.270 e. The standard InChI is InChI=1S/C24H28N8O2S/c1-14(2)21-9-16(12-35-21)11-27-23(33)19-10-20(29-13-28-19)24(34)30-15(3)17-5-7-18(8-6-17)22(31-25)32-26-4/h5-10,12-15H,4,11,25H2,1-3H3,(H,27,33)(H,30,34)(H,31,32)/t15-/m0/s1. The molecule has 1 atom stereocenters. The number of nitrogens with zero attached hydrogens (tertiary/aromatic N) is 4. The predicted molar refractivity (Wildman–Crippen MR) is 137 cm³/mol. The minimum absolute atomic E-state index is 0.102. The molecule has 0 fully saturated rings. The lowest BCUT2D eigenvalue weighted by Crippen LogP contribution is -2.29. The van der Waals surface area contributed by atoms with E-state index in [0.717, 1.165) is 16.7 Å². The van der Waals surface area contributed by atoms with E-state index in [1.54, 1.807) is 23.5 Å². The van der Waals surface area contributed by atoms with Crippen molar-refractivity contribution in [2.45, 2.75) is 39.3 Å². The lowest BCUT2D eigenvalue weighted by Gasteiger charge is -2.15. The highest BCUT2D eigenvalue weighted by atomic mass is 32.1. The summed E-state index contributed by atoms with van der Waals surface area (Å²) in [7, 11) is 0. The molecule has 3 rings (SSSR count). The third kappa shape index (κ3) is 6.70. The number of rotatable bonds is 9. The molecule has 0 aliphatic carbocycles. The molecule has 2 aromatic heterocycles. The first-order chi connectivity index (χ1) is 16.8. The summed E-state index contributed by atoms with van der Waals surface area (Å²) < 4.78 is 0. The van der Waals surface area contributed by atoms with E-state index in [1.165, 1.54) is 17.3 Å². The van der Waals surface area contributed by atoms with Gasteiger partial charge < -0.3 is 16.5 Å². The van der Waals surface area contributed by atoms with Gasteiger partial charge >= 0.3 is 0 Å². The Morgan fingerprint density at radius 3 is 2.37 bits per heavy atom. The smallest absolute Gasteiger partial charge is 0.270 e. The minimum atomic E-state index is -0.417. The zero-order valence-electron chi connectivity index (χ0n) is 19.8. The maximum atomic E-state index is 12.8. The van der Waals surface area contributed by atoms with Crippen molar-refractivity contribution in [1.82, 2.24) is 26.0 Å². The van der Waals surface area contributed by atoms with E-state index in [9.17, 15) is 9.59 Å². The molecule has 5 N–H and O–H groups in total. The Balaban J connectivity index is 1.61. The molecular formula is C24H28N8O2S. The van der Waals surface area contributed by atoms with Gasteiger partial charge in [-0.3, -0.25) is 15.0 Å². The van der Waals surface area contributed by atoms with Gasteiger partial charge in [-0.25, -0.2) is 9.97 Å². The molecule has 0 bridgehead atoms. The number of benzene rings is 1. The van der Waals surface area contributed by atoms with Crippen molar-refractivity contribution < 1.29 is 9.59 Å². The van der Waals surface area contributed by atoms with E-state index in [-0.39, 0.29) is 23.3 Å². The minimum Gasteiger partial charge on any atom is -0.347 e. The molecule has 0 aliphatic rings. The van der Waals surface area contributed by atoms with Crippen LogP contribution < -0.4 is 21.9 Å². The molecule has 1 aromatic carbocycles. The number of aromatic nitrogens is 2. The number of carbonyl (C=O) groups is 2. The Kier molecular flexibility index (Phi) is 8.63. The van der Waals surface area contributed by atoms with Crippen LogP contribution in [0.3, 0.4) is 0 Å². The van der Waals surface area contributed by atoms with Crippen LogP contribution >= 0.6 is 11.3 Å². The van der Waals surface area contributed by atoms with Gasteiger partial charge in [-0.1, -0.05) is 38.1 Å². The third-order valence-corrected chi connectivity index (χ3v) is 6.46. The zero-order chi connectivity index (χ0) is 25.4. The van der Waals surface area contributed by atoms with Gasteiger partial charge in [0, 0.05) is 29.8 Å². The molecule has 35 heavy (non-hydrogen) atoms. The van der Waals surface area contributed by atoms with Crippen LogP contribution in [0.5, 0.6) is 0 Å². The number of nitrogens with two attached hydrogens (primary N) is 1. The molecule has 0 spiro atoms. The van der Waals surface area contributed by atoms with Gasteiger partial charge in [0.15, 0.2) is 5.84 Å². The summed E-state index contributed by atoms with van der Waals surface area (Å²) in [5.41, 5.74) is 5.44. The molecule has 182 valence electrons. The molecule has 11 heteroatoms. The Hall–Kier alpha value is -4.12. The Morgan fingerprint density at radius 1 is 1.09 bits per heavy atom. The lowest BCUT2D eigenvalue weighted by molar-refractivity contribution is 0.0934. The summed E-state index contributed by atoms with van der Waals surface area (Å²) in [5, 5.41) is 14.9. The first-order valence-electron chi connectivity index (χ1n) is 10.9. The van der Waals surface area contributed by atoms with Crippen molar-refractivity contribution in [1.29, 1.82) is 0 Å². The number of amidine groups is 1. The average Bonchev–Trinajstić information content (AvgIpc) is 3.35. The van der Waals surface area contributed by atoms with Gasteiger partial charge in [0.25, 0.3) is 11.8 Å². The number of hydrogen-bond donors (Lipinski definition) is 4. The molecule has 0 aliphatic heterocycles. The molecule has 0 unspecified atom stereocenters. The van der Waals surface area contributed by atoms with Crippen molar-refractivity contribution in [2.75, 3.05) is 0 Å². The van der Waals surface area contributed by atoms with E-state index >= 15 is 0 Å². The van der Waals surface area contributed by atoms with Crippen LogP contribution in [0.25, 0.3) is 0 Å². The summed E-state index contributed by atoms with van der Waals surface area (Å²) in [6.07, 6.45) is 1.21. The zero-order valence-corrected chi connectivity index (χ0v) is 20.6. The molecule has 3 aromatic rings. The molecule has 0 saturated carbocycles. The lowest BCUT2D eigenvalue weighted by atomic mass is 10.1. The van der Waals surface area contributed by atoms with Crippen LogP contribution in [-0.4, -0.2) is 34.3 Å². The van der Waals surface area contributed by atoms with Crippen LogP contribution in [-0.2, 0) is 6.54 Å². The van der Waals surface area contributed by atoms with Crippen LogP contribution in [0.2, 0.25) is 0 Å². The topological polar surface area (TPSA) is 147 Å². The first kappa shape index (κ1) is 25.5. The van der Waals surface area contributed by atoms with Gasteiger partial charge in [-0.15, -0.1) is 11.3 Å². The van der Waals surface area contributed by atoms with Crippen molar-refractivity contribution in [3.8, 4) is 0 Å². The highest BCUT2D eigenvalue weighted by Crippen LogP contribution is 2.23. The van der Waals surface area contributed by atoms with Crippen LogP contribution in [0, 0.1) is 0 Å². The summed E-state index contributed by atoms with van der Waals surface area (Å²) in [6, 6.07) is 10.4. The van der Waals surface area contributed by atoms with Gasteiger partial charge in [-0.05, 0) is 35.4 Å². The molecule has 2 amide bonds. The van der Waals surface area contributed by atoms with Crippen LogP contribution in [0.15, 0.2) is 58.3 Å². The molecule has 2 heterocycles. The number of nitrogens with one attached hydrogen (secondary N) is 3. The summed E-state index contributed by atoms with van der Waals surface area (Å²) >= 11 is 1.67. The summed E-state index contributed by atoms with van der Waals surface area (Å²) in [5.74, 6) is 5.37. The molecule has 10 nitrogen and oxygen atoms in total. The first-order valence-corrected chi connectivity index (χ1v) is 11.8. The summed E-state index contributed by atoms with van der Waals surface area (Å²) in [6.45, 7) is 9.83. The van der Waals surface area contributed by atoms with Gasteiger partial charge in [-0.2, -0.15) is 10.2 Å². The number of amides is 2. The monoisotopic (exact) mass is 492 g/mol.